The third-order valence-electron chi connectivity index (χ3n) is 3.53. The average Bonchev–Trinajstić information content (AvgIpc) is 2.55. The summed E-state index contributed by atoms with van der Waals surface area (Å²) in [7, 11) is -5.42. The Morgan fingerprint density at radius 3 is 2.16 bits per heavy atom. The van der Waals surface area contributed by atoms with E-state index >= 15 is 0 Å². The van der Waals surface area contributed by atoms with Gasteiger partial charge in [-0.25, -0.2) is 8.42 Å². The average molecular weight is 369 g/mol. The number of hydrogen-bond donors (Lipinski definition) is 0. The molecule has 25 heavy (non-hydrogen) atoms. The van der Waals surface area contributed by atoms with Crippen molar-refractivity contribution in [1.29, 1.82) is 0 Å². The highest BCUT2D eigenvalue weighted by Crippen LogP contribution is 2.28. The fourth-order valence-corrected chi connectivity index (χ4v) is 3.06. The summed E-state index contributed by atoms with van der Waals surface area (Å²) in [5.41, 5.74) is -3.00. The molecule has 0 bridgehead atoms. The number of alkyl halides is 3. The van der Waals surface area contributed by atoms with Gasteiger partial charge in [0.25, 0.3) is 0 Å². The van der Waals surface area contributed by atoms with E-state index in [2.05, 4.69) is 0 Å². The Morgan fingerprint density at radius 1 is 1.00 bits per heavy atom. The number of nitrogens with zero attached hydrogens (tertiary/aromatic N) is 1. The van der Waals surface area contributed by atoms with Gasteiger partial charge < -0.3 is 0 Å². The molecule has 2 rings (SSSR count). The van der Waals surface area contributed by atoms with Gasteiger partial charge in [-0.2, -0.15) is 17.5 Å². The van der Waals surface area contributed by atoms with Crippen molar-refractivity contribution in [1.82, 2.24) is 4.31 Å². The topological polar surface area (TPSA) is 37.4 Å². The van der Waals surface area contributed by atoms with Gasteiger partial charge in [0, 0.05) is 13.1 Å². The quantitative estimate of drug-likeness (QED) is 0.759. The molecule has 0 unspecified atom stereocenters. The minimum Gasteiger partial charge on any atom is -0.203 e. The van der Waals surface area contributed by atoms with Crippen molar-refractivity contribution in [2.75, 3.05) is 6.54 Å². The van der Waals surface area contributed by atoms with Crippen LogP contribution < -0.4 is 0 Å². The number of benzene rings is 2. The van der Waals surface area contributed by atoms with E-state index in [1.807, 2.05) is 31.2 Å². The van der Waals surface area contributed by atoms with E-state index in [4.69, 9.17) is 0 Å². The van der Waals surface area contributed by atoms with Crippen molar-refractivity contribution in [3.8, 4) is 0 Å². The highest BCUT2D eigenvalue weighted by Gasteiger charge is 2.49. The minimum absolute atomic E-state index is 0.346. The third kappa shape index (κ3) is 5.17. The van der Waals surface area contributed by atoms with E-state index in [0.717, 1.165) is 11.1 Å². The van der Waals surface area contributed by atoms with Gasteiger partial charge in [0.05, 0.1) is 0 Å². The monoisotopic (exact) mass is 369 g/mol. The summed E-state index contributed by atoms with van der Waals surface area (Å²) >= 11 is 0. The first-order valence-electron chi connectivity index (χ1n) is 7.54. The molecule has 0 heterocycles. The molecule has 0 saturated carbocycles. The third-order valence-corrected chi connectivity index (χ3v) is 5.07. The van der Waals surface area contributed by atoms with Crippen LogP contribution in [0.2, 0.25) is 0 Å². The molecule has 0 N–H and O–H groups in total. The molecule has 2 aromatic rings. The van der Waals surface area contributed by atoms with E-state index < -0.39 is 15.5 Å². The van der Waals surface area contributed by atoms with Gasteiger partial charge in [0.15, 0.2) is 0 Å². The molecule has 0 saturated heterocycles. The zero-order valence-corrected chi connectivity index (χ0v) is 14.4. The van der Waals surface area contributed by atoms with Crippen LogP contribution >= 0.6 is 0 Å². The second-order valence-corrected chi connectivity index (χ2v) is 7.47. The van der Waals surface area contributed by atoms with Crippen LogP contribution in [0, 0.1) is 6.92 Å². The Hall–Kier alpha value is -2.12. The van der Waals surface area contributed by atoms with Crippen LogP contribution in [0.3, 0.4) is 0 Å². The molecule has 0 fully saturated rings. The van der Waals surface area contributed by atoms with Gasteiger partial charge >= 0.3 is 15.5 Å². The fraction of sp³-hybridized carbons (Fsp3) is 0.222. The predicted octanol–water partition coefficient (Wildman–Crippen LogP) is 4.36. The maximum atomic E-state index is 12.9. The Labute approximate surface area is 145 Å². The smallest absolute Gasteiger partial charge is 0.203 e. The summed E-state index contributed by atoms with van der Waals surface area (Å²) in [6.45, 7) is 1.20. The van der Waals surface area contributed by atoms with Crippen molar-refractivity contribution in [2.24, 2.45) is 0 Å². The molecule has 3 nitrogen and oxygen atoms in total. The molecule has 0 aliphatic carbocycles. The number of rotatable bonds is 6. The highest BCUT2D eigenvalue weighted by atomic mass is 32.2. The molecule has 0 radical (unpaired) electrons. The molecule has 0 aliphatic rings. The summed E-state index contributed by atoms with van der Waals surface area (Å²) < 4.78 is 62.8. The van der Waals surface area contributed by atoms with Crippen LogP contribution in [-0.4, -0.2) is 24.8 Å². The van der Waals surface area contributed by atoms with Gasteiger partial charge in [-0.1, -0.05) is 72.3 Å². The van der Waals surface area contributed by atoms with E-state index in [0.29, 0.717) is 9.87 Å². The SMILES string of the molecule is Cc1ccc(/C=C/CN(Cc2ccccc2)S(=O)(=O)C(F)(F)F)cc1. The molecule has 0 atom stereocenters. The van der Waals surface area contributed by atoms with Crippen LogP contribution in [0.4, 0.5) is 13.2 Å². The maximum absolute atomic E-state index is 12.9. The lowest BCUT2D eigenvalue weighted by Crippen LogP contribution is -2.40. The van der Waals surface area contributed by atoms with Crippen LogP contribution in [0.5, 0.6) is 0 Å². The summed E-state index contributed by atoms with van der Waals surface area (Å²) in [5.74, 6) is 0. The summed E-state index contributed by atoms with van der Waals surface area (Å²) in [4.78, 5) is 0. The van der Waals surface area contributed by atoms with E-state index in [1.54, 1.807) is 36.4 Å². The summed E-state index contributed by atoms with van der Waals surface area (Å²) in [6, 6.07) is 15.5. The molecule has 0 amide bonds. The second kappa shape index (κ2) is 7.84. The molecule has 134 valence electrons. The molecular weight excluding hydrogens is 351 g/mol. The van der Waals surface area contributed by atoms with E-state index in [1.165, 1.54) is 6.08 Å². The van der Waals surface area contributed by atoms with Crippen molar-refractivity contribution < 1.29 is 21.6 Å². The van der Waals surface area contributed by atoms with Crippen molar-refractivity contribution in [3.63, 3.8) is 0 Å². The zero-order valence-electron chi connectivity index (χ0n) is 13.6. The minimum atomic E-state index is -5.42. The van der Waals surface area contributed by atoms with Crippen molar-refractivity contribution in [3.05, 3.63) is 77.4 Å². The van der Waals surface area contributed by atoms with Gasteiger partial charge in [-0.3, -0.25) is 0 Å². The first-order chi connectivity index (χ1) is 11.7. The summed E-state index contributed by atoms with van der Waals surface area (Å²) in [6.07, 6.45) is 3.01. The highest BCUT2D eigenvalue weighted by molar-refractivity contribution is 7.89. The molecule has 0 aromatic heterocycles. The molecule has 0 aliphatic heterocycles. The predicted molar refractivity (Wildman–Crippen MR) is 92.0 cm³/mol. The normalized spacial score (nSPS) is 12.8. The fourth-order valence-electron chi connectivity index (χ4n) is 2.17. The Morgan fingerprint density at radius 2 is 1.60 bits per heavy atom. The van der Waals surface area contributed by atoms with Gasteiger partial charge in [0.1, 0.15) is 0 Å². The number of aryl methyl sites for hydroxylation is 1. The first kappa shape index (κ1) is 19.2. The van der Waals surface area contributed by atoms with Gasteiger partial charge in [0.2, 0.25) is 0 Å². The van der Waals surface area contributed by atoms with Crippen LogP contribution in [0.15, 0.2) is 60.7 Å². The second-order valence-electron chi connectivity index (χ2n) is 5.54. The van der Waals surface area contributed by atoms with Crippen LogP contribution in [-0.2, 0) is 16.6 Å². The standard InChI is InChI=1S/C18H18F3NO2S/c1-15-9-11-16(12-10-15)8-5-13-22(25(23,24)18(19,20)21)14-17-6-3-2-4-7-17/h2-12H,13-14H2,1H3/b8-5+. The van der Waals surface area contributed by atoms with Crippen molar-refractivity contribution >= 4 is 16.1 Å². The first-order valence-corrected chi connectivity index (χ1v) is 8.98. The zero-order chi connectivity index (χ0) is 18.5. The van der Waals surface area contributed by atoms with Crippen molar-refractivity contribution in [2.45, 2.75) is 19.0 Å². The lowest BCUT2D eigenvalue weighted by atomic mass is 10.1. The molecular formula is C18H18F3NO2S. The number of hydrogen-bond acceptors (Lipinski definition) is 2. The van der Waals surface area contributed by atoms with Gasteiger partial charge in [-0.05, 0) is 18.1 Å². The molecule has 7 heteroatoms. The van der Waals surface area contributed by atoms with Crippen LogP contribution in [0.25, 0.3) is 6.08 Å². The molecule has 0 spiro atoms. The number of halogens is 3. The largest absolute Gasteiger partial charge is 0.511 e. The Kier molecular flexibility index (Phi) is 6.02. The summed E-state index contributed by atoms with van der Waals surface area (Å²) in [5, 5.41) is 0. The lowest BCUT2D eigenvalue weighted by Gasteiger charge is -2.22. The molecule has 2 aromatic carbocycles. The maximum Gasteiger partial charge on any atom is 0.511 e. The van der Waals surface area contributed by atoms with Crippen LogP contribution in [0.1, 0.15) is 16.7 Å². The Balaban J connectivity index is 2.21. The van der Waals surface area contributed by atoms with Gasteiger partial charge in [-0.15, -0.1) is 0 Å². The van der Waals surface area contributed by atoms with E-state index in [-0.39, 0.29) is 13.1 Å². The van der Waals surface area contributed by atoms with E-state index in [9.17, 15) is 21.6 Å². The number of sulfonamides is 1. The Bertz CT molecular complexity index is 814. The lowest BCUT2D eigenvalue weighted by molar-refractivity contribution is -0.0488.